The molecule has 14 rings (SSSR count). The van der Waals surface area contributed by atoms with Gasteiger partial charge in [-0.25, -0.2) is 0 Å². The maximum absolute atomic E-state index is 15.4. The number of hydrogen-bond donors (Lipinski definition) is 0. The summed E-state index contributed by atoms with van der Waals surface area (Å²) in [5, 5.41) is 0.277. The molecule has 0 atom stereocenters. The Morgan fingerprint density at radius 2 is 0.441 bits per heavy atom. The van der Waals surface area contributed by atoms with E-state index in [1.807, 2.05) is 0 Å². The molecule has 10 aromatic rings. The van der Waals surface area contributed by atoms with E-state index in [0.717, 1.165) is 42.6 Å². The summed E-state index contributed by atoms with van der Waals surface area (Å²) >= 11 is 0. The minimum atomic E-state index is -2.85. The predicted molar refractivity (Wildman–Crippen MR) is 508 cm³/mol. The maximum Gasteiger partial charge on any atom is 1.00 e. The van der Waals surface area contributed by atoms with E-state index in [0.29, 0.717) is 13.1 Å². The molecule has 0 unspecified atom stereocenters. The number of nitrogens with zero attached hydrogens (tertiary/aromatic N) is 2. The van der Waals surface area contributed by atoms with Crippen LogP contribution in [-0.2, 0) is 52.8 Å². The topological polar surface area (TPSA) is 42.0 Å². The second kappa shape index (κ2) is 36.5. The second-order valence-electron chi connectivity index (χ2n) is 42.2. The largest absolute Gasteiger partial charge is 1.00 e. The van der Waals surface area contributed by atoms with Crippen molar-refractivity contribution in [3.63, 3.8) is 0 Å². The molecule has 5 nitrogen and oxygen atoms in total. The zero-order chi connectivity index (χ0) is 84.8. The Labute approximate surface area is 739 Å². The number of ether oxygens (including phenoxy) is 2. The van der Waals surface area contributed by atoms with Crippen LogP contribution in [0.4, 0.5) is 16.2 Å². The van der Waals surface area contributed by atoms with Crippen LogP contribution < -0.4 is 38.9 Å². The molecule has 3 fully saturated rings. The number of carbonyl (C=O) groups is 1. The minimum absolute atomic E-state index is 0. The zero-order valence-corrected chi connectivity index (χ0v) is 81.8. The van der Waals surface area contributed by atoms with Gasteiger partial charge in [0.15, 0.2) is 0 Å². The van der Waals surface area contributed by atoms with Crippen LogP contribution in [0.3, 0.4) is 0 Å². The molecule has 618 valence electrons. The molecule has 4 heterocycles. The first kappa shape index (κ1) is 92.3. The third-order valence-corrected chi connectivity index (χ3v) is 36.0. The summed E-state index contributed by atoms with van der Waals surface area (Å²) in [4.78, 5) is 15.4. The number of rotatable bonds is 14. The molecule has 0 bridgehead atoms. The quantitative estimate of drug-likeness (QED) is 0.0617. The molecule has 0 aromatic heterocycles. The molecule has 1 spiro atoms. The van der Waals surface area contributed by atoms with Crippen molar-refractivity contribution < 1.29 is 43.8 Å². The van der Waals surface area contributed by atoms with E-state index in [1.165, 1.54) is 159 Å². The van der Waals surface area contributed by atoms with Crippen molar-refractivity contribution in [1.82, 2.24) is 0 Å². The van der Waals surface area contributed by atoms with Crippen molar-refractivity contribution in [2.45, 2.75) is 273 Å². The van der Waals surface area contributed by atoms with Gasteiger partial charge in [-0.05, 0) is 201 Å². The van der Waals surface area contributed by atoms with Crippen LogP contribution in [0.5, 0.6) is 0 Å². The van der Waals surface area contributed by atoms with Gasteiger partial charge in [-0.1, -0.05) is 404 Å². The Kier molecular flexibility index (Phi) is 28.6. The van der Waals surface area contributed by atoms with Gasteiger partial charge in [-0.3, -0.25) is 0 Å². The third-order valence-electron chi connectivity index (χ3n) is 24.5. The summed E-state index contributed by atoms with van der Waals surface area (Å²) in [7, 11) is 1.71. The molecule has 0 radical (unpaired) electrons. The first-order chi connectivity index (χ1) is 54.8. The van der Waals surface area contributed by atoms with Crippen molar-refractivity contribution >= 4 is 39.3 Å². The third kappa shape index (κ3) is 21.2. The van der Waals surface area contributed by atoms with Crippen LogP contribution >= 0.6 is 22.7 Å². The SMILES string of the molecule is C1CCOC1.C1CCOC1.Cc1cc(C(c2ccc(C(C)(C)C)cc2)c2ccc(C(C)(C)C)cc2)c(N2CCN(c3c(C(c4ccc(C(C)(C)C)cc4)c4ccc(C(C)(C)C)cc4)cc(C)cc3C(c3ccc(C(C)(C)C)cc3)c3ccc(C(C)(C)C)cc3)P23=PC(=O)[P-]3)c(C(c2ccc(C(C)(C)C)cc2)c2ccc(C(C)(C)C)cc2)c1.[Na+]. The van der Waals surface area contributed by atoms with Crippen LogP contribution in [0.25, 0.3) is 0 Å². The first-order valence-electron chi connectivity index (χ1n) is 43.5. The van der Waals surface area contributed by atoms with Gasteiger partial charge in [-0.2, -0.15) is 0 Å². The Morgan fingerprint density at radius 1 is 0.288 bits per heavy atom. The van der Waals surface area contributed by atoms with Gasteiger partial charge in [0.1, 0.15) is 0 Å². The smallest absolute Gasteiger partial charge is 0.381 e. The van der Waals surface area contributed by atoms with Gasteiger partial charge in [0, 0.05) is 79.8 Å². The van der Waals surface area contributed by atoms with Gasteiger partial charge in [0.2, 0.25) is 0 Å². The number of hydrogen-bond acceptors (Lipinski definition) is 5. The summed E-state index contributed by atoms with van der Waals surface area (Å²) in [6.07, 6.45) is 5.11. The summed E-state index contributed by atoms with van der Waals surface area (Å²) in [6, 6.07) is 87.4. The van der Waals surface area contributed by atoms with Crippen molar-refractivity contribution in [3.05, 3.63) is 341 Å². The van der Waals surface area contributed by atoms with Crippen LogP contribution in [-0.4, -0.2) is 44.8 Å². The Balaban J connectivity index is 0.00000115. The van der Waals surface area contributed by atoms with Crippen LogP contribution in [0.15, 0.2) is 218 Å². The van der Waals surface area contributed by atoms with Crippen molar-refractivity contribution in [3.8, 4) is 0 Å². The molecule has 0 N–H and O–H groups in total. The van der Waals surface area contributed by atoms with Gasteiger partial charge < -0.3 is 31.9 Å². The average Bonchev–Trinajstić information content (AvgIpc) is 1.43. The first-order valence-corrected chi connectivity index (χ1v) is 48.4. The normalized spacial score (nSPS) is 15.8. The van der Waals surface area contributed by atoms with Crippen molar-refractivity contribution in [2.75, 3.05) is 48.9 Å². The number of aryl methyl sites for hydroxylation is 2. The maximum atomic E-state index is 15.4. The summed E-state index contributed by atoms with van der Waals surface area (Å²) in [5.41, 5.74) is 30.2. The van der Waals surface area contributed by atoms with Crippen molar-refractivity contribution in [1.29, 1.82) is 0 Å². The molecule has 9 heteroatoms. The molecule has 3 saturated heterocycles. The standard InChI is InChI=1S/C101H122N2OP3.2C4H8O.Na/c1-65-61-83(87(67-27-43-75(44-28-67)94(3,4)5)68-29-45-76(46-30-68)95(6,7)8)91(84(62-65)88(69-31-47-77(48-32-69)96(9,10)11)70-33-49-78(50-34-70)97(12,13)14)102-59-60-103(107(102)105-93(104)106-107)92-85(89(71-35-51-79(52-36-71)98(15,16)17)72-37-53-80(54-38-72)99(18,19)20)63-66(2)64-86(92)90(73-39-55-81(56-40-73)100(21,22)23)74-41-57-82(58-42-74)101(24,25)26;2*1-2-4-5-3-1;/h27-58,61-64,87-90H,59-60H2,1-26H3;2*1-4H2;/q-1;;;+1. The van der Waals surface area contributed by atoms with E-state index in [1.54, 1.807) is 0 Å². The van der Waals surface area contributed by atoms with Crippen LogP contribution in [0.2, 0.25) is 0 Å². The van der Waals surface area contributed by atoms with Gasteiger partial charge in [0.05, 0.1) is 0 Å². The fraction of sp³-hybridized carbons (Fsp3) is 0.440. The fourth-order valence-corrected chi connectivity index (χ4v) is 27.9. The molecule has 0 saturated carbocycles. The predicted octanol–water partition coefficient (Wildman–Crippen LogP) is 28.0. The summed E-state index contributed by atoms with van der Waals surface area (Å²) in [6.45, 7) is 63.0. The van der Waals surface area contributed by atoms with Gasteiger partial charge >= 0.3 is 29.6 Å². The molecule has 0 amide bonds. The molecular formula is C109H138N2NaO3P3. The minimum Gasteiger partial charge on any atom is -0.381 e. The molecule has 4 aliphatic heterocycles. The van der Waals surface area contributed by atoms with Gasteiger partial charge in [-0.15, -0.1) is 0 Å². The van der Waals surface area contributed by atoms with Crippen LogP contribution in [0, 0.1) is 13.8 Å². The van der Waals surface area contributed by atoms with E-state index < -0.39 is 6.54 Å². The van der Waals surface area contributed by atoms with E-state index >= 15 is 4.79 Å². The van der Waals surface area contributed by atoms with Crippen molar-refractivity contribution in [2.24, 2.45) is 0 Å². The summed E-state index contributed by atoms with van der Waals surface area (Å²) in [5.74, 6) is -0.734. The Hall–Kier alpha value is -6.45. The van der Waals surface area contributed by atoms with E-state index in [4.69, 9.17) is 9.47 Å². The Morgan fingerprint density at radius 3 is 0.559 bits per heavy atom. The molecule has 4 aliphatic rings. The second-order valence-corrected chi connectivity index (χ2v) is 51.3. The molecule has 0 aliphatic carbocycles. The zero-order valence-electron chi connectivity index (χ0n) is 77.1. The number of anilines is 2. The van der Waals surface area contributed by atoms with E-state index in [-0.39, 0.29) is 102 Å². The van der Waals surface area contributed by atoms with Crippen LogP contribution in [0.1, 0.15) is 338 Å². The summed E-state index contributed by atoms with van der Waals surface area (Å²) < 4.78 is 15.7. The van der Waals surface area contributed by atoms with E-state index in [2.05, 4.69) is 408 Å². The van der Waals surface area contributed by atoms with Gasteiger partial charge in [0.25, 0.3) is 0 Å². The Bertz CT molecular complexity index is 4270. The monoisotopic (exact) mass is 1640 g/mol. The molecular weight excluding hydrogens is 1500 g/mol. The number of carbonyl (C=O) groups excluding carboxylic acids is 1. The average molecular weight is 1640 g/mol. The molecule has 10 aromatic carbocycles. The molecule has 118 heavy (non-hydrogen) atoms. The van der Waals surface area contributed by atoms with E-state index in [9.17, 15) is 0 Å². The number of benzene rings is 10. The fourth-order valence-electron chi connectivity index (χ4n) is 17.3.